The van der Waals surface area contributed by atoms with Crippen molar-refractivity contribution in [1.82, 2.24) is 19.7 Å². The summed E-state index contributed by atoms with van der Waals surface area (Å²) in [7, 11) is 1.78. The van der Waals surface area contributed by atoms with Gasteiger partial charge in [-0.25, -0.2) is 9.18 Å². The van der Waals surface area contributed by atoms with E-state index < -0.39 is 6.03 Å². The molecule has 2 aromatic carbocycles. The zero-order valence-corrected chi connectivity index (χ0v) is 19.7. The summed E-state index contributed by atoms with van der Waals surface area (Å²) in [5.41, 5.74) is 3.37. The highest BCUT2D eigenvalue weighted by molar-refractivity contribution is 6.03. The number of aromatic hydroxyl groups is 1. The first kappa shape index (κ1) is 23.3. The summed E-state index contributed by atoms with van der Waals surface area (Å²) >= 11 is 0. The van der Waals surface area contributed by atoms with E-state index in [9.17, 15) is 19.1 Å². The molecule has 1 fully saturated rings. The summed E-state index contributed by atoms with van der Waals surface area (Å²) in [6.07, 6.45) is 4.77. The molecule has 0 aliphatic heterocycles. The number of halogens is 1. The van der Waals surface area contributed by atoms with Gasteiger partial charge in [0, 0.05) is 37.0 Å². The number of nitrogens with one attached hydrogen (secondary N) is 2. The molecule has 3 N–H and O–H groups in total. The molecule has 0 unspecified atom stereocenters. The van der Waals surface area contributed by atoms with Crippen LogP contribution >= 0.6 is 0 Å². The first-order valence-corrected chi connectivity index (χ1v) is 11.8. The monoisotopic (exact) mass is 487 g/mol. The highest BCUT2D eigenvalue weighted by Gasteiger charge is 2.27. The average Bonchev–Trinajstić information content (AvgIpc) is 3.45. The third kappa shape index (κ3) is 4.72. The van der Waals surface area contributed by atoms with Crippen molar-refractivity contribution in [3.05, 3.63) is 89.6 Å². The molecule has 2 amide bonds. The Morgan fingerprint density at radius 3 is 2.56 bits per heavy atom. The Labute approximate surface area is 207 Å². The fourth-order valence-electron chi connectivity index (χ4n) is 4.25. The number of nitrogens with zero attached hydrogens (tertiary/aromatic N) is 3. The first-order valence-electron chi connectivity index (χ1n) is 11.8. The maximum Gasteiger partial charge on any atom is 0.342 e. The van der Waals surface area contributed by atoms with Gasteiger partial charge in [-0.05, 0) is 66.9 Å². The number of aromatic nitrogens is 3. The topological polar surface area (TPSA) is 101 Å². The molecule has 0 radical (unpaired) electrons. The molecule has 2 aromatic heterocycles. The van der Waals surface area contributed by atoms with Crippen LogP contribution in [0.2, 0.25) is 0 Å². The van der Waals surface area contributed by atoms with Crippen LogP contribution in [0.15, 0.2) is 66.9 Å². The van der Waals surface area contributed by atoms with Crippen LogP contribution in [0, 0.1) is 5.82 Å². The third-order valence-corrected chi connectivity index (χ3v) is 6.52. The maximum atomic E-state index is 13.2. The van der Waals surface area contributed by atoms with Gasteiger partial charge in [0.15, 0.2) is 0 Å². The van der Waals surface area contributed by atoms with E-state index in [1.54, 1.807) is 54.2 Å². The van der Waals surface area contributed by atoms with Crippen molar-refractivity contribution >= 4 is 17.6 Å². The van der Waals surface area contributed by atoms with Gasteiger partial charge in [-0.1, -0.05) is 18.6 Å². The molecule has 8 nitrogen and oxygen atoms in total. The fraction of sp³-hybridized carbons (Fsp3) is 0.222. The number of amides is 2. The van der Waals surface area contributed by atoms with Crippen LogP contribution in [0.1, 0.15) is 46.9 Å². The maximum absolute atomic E-state index is 13.2. The van der Waals surface area contributed by atoms with Crippen molar-refractivity contribution in [1.29, 1.82) is 0 Å². The highest BCUT2D eigenvalue weighted by Crippen LogP contribution is 2.39. The lowest BCUT2D eigenvalue weighted by molar-refractivity contribution is 0.101. The number of carbonyl (C=O) groups excluding carboxylic acids is 2. The second-order valence-corrected chi connectivity index (χ2v) is 8.97. The first-order chi connectivity index (χ1) is 17.4. The minimum absolute atomic E-state index is 0.0107. The minimum atomic E-state index is -0.403. The molecule has 1 aliphatic carbocycles. The molecule has 0 saturated heterocycles. The molecule has 1 saturated carbocycles. The van der Waals surface area contributed by atoms with E-state index in [0.717, 1.165) is 30.5 Å². The number of hydrogen-bond donors (Lipinski definition) is 3. The lowest BCUT2D eigenvalue weighted by atomic mass is 9.82. The molecule has 9 heteroatoms. The van der Waals surface area contributed by atoms with Crippen LogP contribution in [0.4, 0.5) is 14.9 Å². The summed E-state index contributed by atoms with van der Waals surface area (Å²) in [6.45, 7) is 0.227. The number of benzene rings is 2. The smallest absolute Gasteiger partial charge is 0.342 e. The standard InChI is InChI=1S/C27H26FN5O3/c1-32-13-3-6-23(32)26(35)30-20-11-12-25(34)21(14-20)22-15-24(18-4-2-5-18)33(31-22)27(36)29-16-17-7-9-19(28)10-8-17/h3,6-15,18,34H,2,4-5,16H2,1H3,(H,29,36)(H,30,35). The summed E-state index contributed by atoms with van der Waals surface area (Å²) in [4.78, 5) is 25.7. The van der Waals surface area contributed by atoms with E-state index >= 15 is 0 Å². The normalized spacial score (nSPS) is 13.3. The average molecular weight is 488 g/mol. The van der Waals surface area contributed by atoms with Crippen LogP contribution in [0.3, 0.4) is 0 Å². The van der Waals surface area contributed by atoms with Gasteiger partial charge in [0.05, 0.1) is 11.4 Å². The molecule has 4 aromatic rings. The molecule has 0 bridgehead atoms. The van der Waals surface area contributed by atoms with Crippen LogP contribution < -0.4 is 10.6 Å². The van der Waals surface area contributed by atoms with E-state index in [2.05, 4.69) is 15.7 Å². The Morgan fingerprint density at radius 2 is 1.89 bits per heavy atom. The molecular weight excluding hydrogens is 461 g/mol. The molecule has 1 aliphatic rings. The largest absolute Gasteiger partial charge is 0.507 e. The van der Waals surface area contributed by atoms with Gasteiger partial charge >= 0.3 is 6.03 Å². The molecule has 36 heavy (non-hydrogen) atoms. The predicted octanol–water partition coefficient (Wildman–Crippen LogP) is 5.01. The van der Waals surface area contributed by atoms with E-state index in [-0.39, 0.29) is 29.9 Å². The SMILES string of the molecule is Cn1cccc1C(=O)Nc1ccc(O)c(-c2cc(C3CCC3)n(C(=O)NCc3ccc(F)cc3)n2)c1. The Balaban J connectivity index is 1.40. The Kier molecular flexibility index (Phi) is 6.28. The number of phenols is 1. The number of anilines is 1. The summed E-state index contributed by atoms with van der Waals surface area (Å²) < 4.78 is 16.2. The number of hydrogen-bond acceptors (Lipinski definition) is 4. The van der Waals surface area contributed by atoms with Crippen molar-refractivity contribution < 1.29 is 19.1 Å². The summed E-state index contributed by atoms with van der Waals surface area (Å²) in [5, 5.41) is 20.8. The quantitative estimate of drug-likeness (QED) is 0.333. The van der Waals surface area contributed by atoms with E-state index in [4.69, 9.17) is 0 Å². The van der Waals surface area contributed by atoms with E-state index in [0.29, 0.717) is 22.6 Å². The molecule has 2 heterocycles. The zero-order chi connectivity index (χ0) is 25.2. The van der Waals surface area contributed by atoms with Crippen LogP contribution in [0.25, 0.3) is 11.3 Å². The van der Waals surface area contributed by atoms with Gasteiger partial charge in [0.2, 0.25) is 0 Å². The summed E-state index contributed by atoms with van der Waals surface area (Å²) in [5.74, 6) is -0.426. The molecule has 5 rings (SSSR count). The van der Waals surface area contributed by atoms with E-state index in [1.165, 1.54) is 22.9 Å². The van der Waals surface area contributed by atoms with Crippen molar-refractivity contribution in [2.75, 3.05) is 5.32 Å². The van der Waals surface area contributed by atoms with Gasteiger partial charge in [-0.3, -0.25) is 4.79 Å². The second-order valence-electron chi connectivity index (χ2n) is 8.97. The number of rotatable bonds is 6. The molecule has 184 valence electrons. The molecule has 0 spiro atoms. The van der Waals surface area contributed by atoms with E-state index in [1.807, 2.05) is 6.07 Å². The van der Waals surface area contributed by atoms with Crippen LogP contribution in [0.5, 0.6) is 5.75 Å². The third-order valence-electron chi connectivity index (χ3n) is 6.52. The minimum Gasteiger partial charge on any atom is -0.507 e. The number of aryl methyl sites for hydroxylation is 1. The van der Waals surface area contributed by atoms with Crippen molar-refractivity contribution in [2.45, 2.75) is 31.7 Å². The highest BCUT2D eigenvalue weighted by atomic mass is 19.1. The predicted molar refractivity (Wildman–Crippen MR) is 133 cm³/mol. The van der Waals surface area contributed by atoms with Crippen molar-refractivity contribution in [2.24, 2.45) is 7.05 Å². The summed E-state index contributed by atoms with van der Waals surface area (Å²) in [6, 6.07) is 15.6. The Morgan fingerprint density at radius 1 is 1.11 bits per heavy atom. The zero-order valence-electron chi connectivity index (χ0n) is 19.7. The van der Waals surface area contributed by atoms with Gasteiger partial charge in [-0.2, -0.15) is 9.78 Å². The van der Waals surface area contributed by atoms with Crippen molar-refractivity contribution in [3.63, 3.8) is 0 Å². The number of phenolic OH excluding ortho intramolecular Hbond substituents is 1. The van der Waals surface area contributed by atoms with Crippen molar-refractivity contribution in [3.8, 4) is 17.0 Å². The van der Waals surface area contributed by atoms with Gasteiger partial charge in [-0.15, -0.1) is 0 Å². The van der Waals surface area contributed by atoms with Gasteiger partial charge in [0.25, 0.3) is 5.91 Å². The van der Waals surface area contributed by atoms with Crippen LogP contribution in [-0.4, -0.2) is 31.4 Å². The van der Waals surface area contributed by atoms with Crippen LogP contribution in [-0.2, 0) is 13.6 Å². The Bertz CT molecular complexity index is 1420. The molecule has 0 atom stereocenters. The Hall–Kier alpha value is -4.40. The second kappa shape index (κ2) is 9.69. The fourth-order valence-corrected chi connectivity index (χ4v) is 4.25. The lowest BCUT2D eigenvalue weighted by Gasteiger charge is -2.25. The van der Waals surface area contributed by atoms with Gasteiger partial charge in [0.1, 0.15) is 17.3 Å². The van der Waals surface area contributed by atoms with Gasteiger partial charge < -0.3 is 20.3 Å². The number of carbonyl (C=O) groups is 2. The molecular formula is C27H26FN5O3. The lowest BCUT2D eigenvalue weighted by Crippen LogP contribution is -2.31.